The molecule has 1 aromatic rings. The summed E-state index contributed by atoms with van der Waals surface area (Å²) in [5.74, 6) is 2.24. The molecule has 4 atom stereocenters. The van der Waals surface area contributed by atoms with Gasteiger partial charge in [-0.25, -0.2) is 0 Å². The summed E-state index contributed by atoms with van der Waals surface area (Å²) in [6.45, 7) is 9.16. The van der Waals surface area contributed by atoms with Gasteiger partial charge in [-0.15, -0.1) is 0 Å². The van der Waals surface area contributed by atoms with Gasteiger partial charge in [0.15, 0.2) is 5.96 Å². The Morgan fingerprint density at radius 3 is 2.89 bits per heavy atom. The fourth-order valence-electron chi connectivity index (χ4n) is 5.33. The van der Waals surface area contributed by atoms with E-state index in [1.807, 2.05) is 13.1 Å². The van der Waals surface area contributed by atoms with Crippen LogP contribution in [0.5, 0.6) is 0 Å². The Bertz CT molecular complexity index is 676. The molecule has 2 aliphatic heterocycles. The first kappa shape index (κ1) is 19.7. The van der Waals surface area contributed by atoms with E-state index < -0.39 is 0 Å². The van der Waals surface area contributed by atoms with Gasteiger partial charge in [-0.05, 0) is 24.8 Å². The standard InChI is InChI=1S/C23H35N3O2/c1-23(2)20(19-10-7-13-28-21(19)23)25-22(24-3)26-12-11-18(14-26)16-27-15-17-8-5-4-6-9-17/h4-6,8-9,18-21H,7,10-16H2,1-3H3,(H,24,25). The first-order valence-electron chi connectivity index (χ1n) is 10.8. The normalized spacial score (nSPS) is 32.0. The average molecular weight is 386 g/mol. The number of aliphatic imine (C=N–C) groups is 1. The van der Waals surface area contributed by atoms with Crippen LogP contribution in [-0.2, 0) is 16.1 Å². The van der Waals surface area contributed by atoms with Gasteiger partial charge in [0, 0.05) is 50.0 Å². The van der Waals surface area contributed by atoms with E-state index in [1.165, 1.54) is 24.8 Å². The van der Waals surface area contributed by atoms with Crippen molar-refractivity contribution >= 4 is 5.96 Å². The van der Waals surface area contributed by atoms with Gasteiger partial charge in [0.05, 0.1) is 19.3 Å². The molecule has 2 saturated heterocycles. The minimum absolute atomic E-state index is 0.166. The number of ether oxygens (including phenoxy) is 2. The highest BCUT2D eigenvalue weighted by Crippen LogP contribution is 2.51. The highest BCUT2D eigenvalue weighted by Gasteiger charge is 2.58. The maximum absolute atomic E-state index is 6.05. The molecule has 4 rings (SSSR count). The molecule has 4 unspecified atom stereocenters. The Labute approximate surface area is 169 Å². The third-order valence-electron chi connectivity index (χ3n) is 6.88. The van der Waals surface area contributed by atoms with Crippen molar-refractivity contribution in [2.75, 3.05) is 33.4 Å². The molecular weight excluding hydrogens is 350 g/mol. The van der Waals surface area contributed by atoms with E-state index in [0.717, 1.165) is 32.3 Å². The van der Waals surface area contributed by atoms with Crippen molar-refractivity contribution < 1.29 is 9.47 Å². The summed E-state index contributed by atoms with van der Waals surface area (Å²) >= 11 is 0. The van der Waals surface area contributed by atoms with E-state index >= 15 is 0 Å². The molecule has 154 valence electrons. The van der Waals surface area contributed by atoms with Crippen molar-refractivity contribution in [2.45, 2.75) is 51.9 Å². The van der Waals surface area contributed by atoms with Gasteiger partial charge in [-0.1, -0.05) is 44.2 Å². The van der Waals surface area contributed by atoms with Crippen LogP contribution in [0.15, 0.2) is 35.3 Å². The van der Waals surface area contributed by atoms with Crippen LogP contribution in [-0.4, -0.2) is 56.4 Å². The summed E-state index contributed by atoms with van der Waals surface area (Å²) in [5.41, 5.74) is 1.41. The second-order valence-electron chi connectivity index (χ2n) is 9.19. The molecule has 0 spiro atoms. The van der Waals surface area contributed by atoms with E-state index in [-0.39, 0.29) is 5.41 Å². The smallest absolute Gasteiger partial charge is 0.193 e. The van der Waals surface area contributed by atoms with Crippen LogP contribution in [0.25, 0.3) is 0 Å². The number of hydrogen-bond acceptors (Lipinski definition) is 3. The van der Waals surface area contributed by atoms with Crippen molar-refractivity contribution in [1.82, 2.24) is 10.2 Å². The first-order chi connectivity index (χ1) is 13.6. The van der Waals surface area contributed by atoms with Crippen LogP contribution < -0.4 is 5.32 Å². The van der Waals surface area contributed by atoms with Gasteiger partial charge >= 0.3 is 0 Å². The van der Waals surface area contributed by atoms with Gasteiger partial charge in [0.2, 0.25) is 0 Å². The third kappa shape index (κ3) is 3.92. The van der Waals surface area contributed by atoms with Crippen LogP contribution in [0.1, 0.15) is 38.7 Å². The number of hydrogen-bond donors (Lipinski definition) is 1. The molecule has 0 radical (unpaired) electrons. The molecule has 1 aromatic carbocycles. The van der Waals surface area contributed by atoms with Gasteiger partial charge in [-0.3, -0.25) is 4.99 Å². The van der Waals surface area contributed by atoms with Crippen LogP contribution in [0.4, 0.5) is 0 Å². The minimum atomic E-state index is 0.166. The maximum Gasteiger partial charge on any atom is 0.193 e. The van der Waals surface area contributed by atoms with Crippen molar-refractivity contribution in [3.63, 3.8) is 0 Å². The number of guanidine groups is 1. The lowest BCUT2D eigenvalue weighted by Crippen LogP contribution is -2.71. The summed E-state index contributed by atoms with van der Waals surface area (Å²) < 4.78 is 12.0. The Hall–Kier alpha value is -1.59. The number of rotatable bonds is 5. The molecule has 2 heterocycles. The minimum Gasteiger partial charge on any atom is -0.377 e. The fraction of sp³-hybridized carbons (Fsp3) is 0.696. The highest BCUT2D eigenvalue weighted by atomic mass is 16.5. The number of likely N-dealkylation sites (tertiary alicyclic amines) is 1. The monoisotopic (exact) mass is 385 g/mol. The third-order valence-corrected chi connectivity index (χ3v) is 6.88. The van der Waals surface area contributed by atoms with E-state index in [1.54, 1.807) is 0 Å². The molecule has 5 nitrogen and oxygen atoms in total. The van der Waals surface area contributed by atoms with Crippen LogP contribution in [0.2, 0.25) is 0 Å². The number of nitrogens with zero attached hydrogens (tertiary/aromatic N) is 2. The topological polar surface area (TPSA) is 46.1 Å². The van der Waals surface area contributed by atoms with E-state index in [0.29, 0.717) is 30.6 Å². The van der Waals surface area contributed by atoms with Gasteiger partial charge in [0.25, 0.3) is 0 Å². The zero-order valence-electron chi connectivity index (χ0n) is 17.6. The van der Waals surface area contributed by atoms with Crippen LogP contribution >= 0.6 is 0 Å². The van der Waals surface area contributed by atoms with Crippen LogP contribution in [0.3, 0.4) is 0 Å². The Kier molecular flexibility index (Phi) is 5.93. The summed E-state index contributed by atoms with van der Waals surface area (Å²) in [6, 6.07) is 10.9. The summed E-state index contributed by atoms with van der Waals surface area (Å²) in [4.78, 5) is 7.01. The zero-order chi connectivity index (χ0) is 19.6. The van der Waals surface area contributed by atoms with Crippen LogP contribution in [0, 0.1) is 17.3 Å². The Morgan fingerprint density at radius 2 is 2.11 bits per heavy atom. The largest absolute Gasteiger partial charge is 0.377 e. The lowest BCUT2D eigenvalue weighted by Gasteiger charge is -2.60. The Balaban J connectivity index is 1.27. The summed E-state index contributed by atoms with van der Waals surface area (Å²) in [5, 5.41) is 3.79. The van der Waals surface area contributed by atoms with Crippen molar-refractivity contribution in [1.29, 1.82) is 0 Å². The first-order valence-corrected chi connectivity index (χ1v) is 10.8. The van der Waals surface area contributed by atoms with E-state index in [4.69, 9.17) is 9.47 Å². The molecule has 0 amide bonds. The molecule has 3 fully saturated rings. The summed E-state index contributed by atoms with van der Waals surface area (Å²) in [6.07, 6.45) is 4.00. The molecule has 3 aliphatic rings. The van der Waals surface area contributed by atoms with Crippen molar-refractivity contribution in [3.8, 4) is 0 Å². The second kappa shape index (κ2) is 8.42. The number of nitrogens with one attached hydrogen (secondary N) is 1. The zero-order valence-corrected chi connectivity index (χ0v) is 17.6. The van der Waals surface area contributed by atoms with Crippen molar-refractivity contribution in [2.24, 2.45) is 22.2 Å². The quantitative estimate of drug-likeness (QED) is 0.624. The maximum atomic E-state index is 6.05. The highest BCUT2D eigenvalue weighted by molar-refractivity contribution is 5.80. The molecular formula is C23H35N3O2. The molecule has 0 bridgehead atoms. The van der Waals surface area contributed by atoms with Crippen molar-refractivity contribution in [3.05, 3.63) is 35.9 Å². The predicted octanol–water partition coefficient (Wildman–Crippen LogP) is 3.30. The molecule has 28 heavy (non-hydrogen) atoms. The SMILES string of the molecule is CN=C(NC1C2CCCOC2C1(C)C)N1CCC(COCc2ccccc2)C1. The Morgan fingerprint density at radius 1 is 1.29 bits per heavy atom. The number of fused-ring (bicyclic) bond motifs is 1. The summed E-state index contributed by atoms with van der Waals surface area (Å²) in [7, 11) is 1.90. The molecule has 1 saturated carbocycles. The predicted molar refractivity (Wildman–Crippen MR) is 112 cm³/mol. The lowest BCUT2D eigenvalue weighted by molar-refractivity contribution is -0.188. The van der Waals surface area contributed by atoms with Gasteiger partial charge in [0.1, 0.15) is 0 Å². The lowest BCUT2D eigenvalue weighted by atomic mass is 9.55. The van der Waals surface area contributed by atoms with Gasteiger partial charge < -0.3 is 19.7 Å². The fourth-order valence-corrected chi connectivity index (χ4v) is 5.33. The average Bonchev–Trinajstić information content (AvgIpc) is 3.18. The number of benzene rings is 1. The van der Waals surface area contributed by atoms with E-state index in [2.05, 4.69) is 53.3 Å². The van der Waals surface area contributed by atoms with E-state index in [9.17, 15) is 0 Å². The van der Waals surface area contributed by atoms with Gasteiger partial charge in [-0.2, -0.15) is 0 Å². The molecule has 5 heteroatoms. The molecule has 1 aliphatic carbocycles. The molecule has 0 aromatic heterocycles. The second-order valence-corrected chi connectivity index (χ2v) is 9.19. The molecule has 1 N–H and O–H groups in total.